The van der Waals surface area contributed by atoms with E-state index in [-0.39, 0.29) is 34.2 Å². The summed E-state index contributed by atoms with van der Waals surface area (Å²) in [6, 6.07) is 16.8. The number of allylic oxidation sites excluding steroid dienone is 2. The molecule has 0 spiro atoms. The number of anilines is 1. The van der Waals surface area contributed by atoms with Crippen LogP contribution in [0.4, 0.5) is 11.4 Å². The number of rotatable bonds is 4. The van der Waals surface area contributed by atoms with Crippen LogP contribution in [-0.2, 0) is 0 Å². The van der Waals surface area contributed by atoms with Crippen molar-refractivity contribution in [1.29, 1.82) is 0 Å². The second-order valence-electron chi connectivity index (χ2n) is 8.09. The summed E-state index contributed by atoms with van der Waals surface area (Å²) in [4.78, 5) is 23.2. The van der Waals surface area contributed by atoms with Crippen LogP contribution in [0.25, 0.3) is 0 Å². The van der Waals surface area contributed by atoms with E-state index >= 15 is 0 Å². The molecule has 0 fully saturated rings. The summed E-state index contributed by atoms with van der Waals surface area (Å²) in [5.74, 6) is 0.261. The zero-order valence-electron chi connectivity index (χ0n) is 17.2. The highest BCUT2D eigenvalue weighted by molar-refractivity contribution is 6.36. The molecule has 3 aromatic rings. The van der Waals surface area contributed by atoms with Crippen molar-refractivity contribution in [2.24, 2.45) is 5.92 Å². The van der Waals surface area contributed by atoms with Gasteiger partial charge in [0.05, 0.1) is 21.6 Å². The summed E-state index contributed by atoms with van der Waals surface area (Å²) >= 11 is 12.0. The number of benzene rings is 3. The summed E-state index contributed by atoms with van der Waals surface area (Å²) in [7, 11) is 0. The van der Waals surface area contributed by atoms with Gasteiger partial charge in [0, 0.05) is 28.8 Å². The first kappa shape index (κ1) is 21.5. The minimum Gasteiger partial charge on any atom is -0.423 e. The molecule has 0 bridgehead atoms. The van der Waals surface area contributed by atoms with Crippen LogP contribution >= 0.6 is 23.2 Å². The Morgan fingerprint density at radius 1 is 1.06 bits per heavy atom. The zero-order valence-corrected chi connectivity index (χ0v) is 18.7. The van der Waals surface area contributed by atoms with E-state index in [1.807, 2.05) is 24.3 Å². The number of hydrogen-bond acceptors (Lipinski definition) is 5. The van der Waals surface area contributed by atoms with Crippen LogP contribution in [0.2, 0.25) is 10.0 Å². The zero-order chi connectivity index (χ0) is 23.1. The average molecular weight is 481 g/mol. The molecule has 1 N–H and O–H groups in total. The fourth-order valence-corrected chi connectivity index (χ4v) is 5.07. The molecule has 1 heterocycles. The standard InChI is InChI=1S/C25H18Cl2N2O4/c26-15-6-10-20(22(27)12-15)25(30)33-17-9-11-23-21(13-17)18-2-1-3-19(18)24(28-23)14-4-7-16(8-5-14)29(31)32/h1-2,4-13,18-19,24,28H,3H2/t18-,19+,24+/m1/s1. The van der Waals surface area contributed by atoms with Crippen molar-refractivity contribution >= 4 is 40.5 Å². The van der Waals surface area contributed by atoms with E-state index in [9.17, 15) is 14.9 Å². The Bertz CT molecular complexity index is 1290. The highest BCUT2D eigenvalue weighted by Gasteiger charge is 2.38. The SMILES string of the molecule is O=C(Oc1ccc2c(c1)[C@@H]1C=CC[C@@H]1[C@H](c1ccc([N+](=O)[O-])cc1)N2)c1ccc(Cl)cc1Cl. The van der Waals surface area contributed by atoms with Crippen molar-refractivity contribution in [3.05, 3.63) is 110 Å². The highest BCUT2D eigenvalue weighted by atomic mass is 35.5. The first-order valence-corrected chi connectivity index (χ1v) is 11.1. The Morgan fingerprint density at radius 2 is 1.85 bits per heavy atom. The molecular formula is C25H18Cl2N2O4. The second-order valence-corrected chi connectivity index (χ2v) is 8.93. The Kier molecular flexibility index (Phi) is 5.56. The normalized spacial score (nSPS) is 20.5. The van der Waals surface area contributed by atoms with Crippen molar-refractivity contribution in [2.75, 3.05) is 5.32 Å². The van der Waals surface area contributed by atoms with Gasteiger partial charge in [0.25, 0.3) is 5.69 Å². The van der Waals surface area contributed by atoms with Gasteiger partial charge < -0.3 is 10.1 Å². The Balaban J connectivity index is 1.41. The van der Waals surface area contributed by atoms with Crippen molar-refractivity contribution < 1.29 is 14.5 Å². The fourth-order valence-electron chi connectivity index (χ4n) is 4.59. The molecule has 0 unspecified atom stereocenters. The van der Waals surface area contributed by atoms with Crippen molar-refractivity contribution in [3.8, 4) is 5.75 Å². The molecule has 8 heteroatoms. The maximum Gasteiger partial charge on any atom is 0.345 e. The molecule has 0 saturated carbocycles. The maximum absolute atomic E-state index is 12.6. The van der Waals surface area contributed by atoms with Gasteiger partial charge in [0.15, 0.2) is 0 Å². The third kappa shape index (κ3) is 4.08. The predicted molar refractivity (Wildman–Crippen MR) is 127 cm³/mol. The van der Waals surface area contributed by atoms with Crippen LogP contribution in [0.5, 0.6) is 5.75 Å². The number of non-ortho nitro benzene ring substituents is 1. The number of carbonyl (C=O) groups excluding carboxylic acids is 1. The number of nitro groups is 1. The minimum atomic E-state index is -0.553. The number of carbonyl (C=O) groups is 1. The van der Waals surface area contributed by atoms with Gasteiger partial charge in [0.1, 0.15) is 5.75 Å². The molecule has 3 aromatic carbocycles. The van der Waals surface area contributed by atoms with Gasteiger partial charge >= 0.3 is 5.97 Å². The third-order valence-corrected chi connectivity index (χ3v) is 6.71. The molecule has 166 valence electrons. The summed E-state index contributed by atoms with van der Waals surface area (Å²) in [6.45, 7) is 0. The minimum absolute atomic E-state index is 0.0135. The molecule has 1 aliphatic heterocycles. The van der Waals surface area contributed by atoms with Gasteiger partial charge in [-0.05, 0) is 59.9 Å². The van der Waals surface area contributed by atoms with Gasteiger partial charge in [-0.15, -0.1) is 0 Å². The van der Waals surface area contributed by atoms with E-state index in [4.69, 9.17) is 27.9 Å². The summed E-state index contributed by atoms with van der Waals surface area (Å²) in [5.41, 5.74) is 3.30. The van der Waals surface area contributed by atoms with Crippen molar-refractivity contribution in [2.45, 2.75) is 18.4 Å². The topological polar surface area (TPSA) is 81.5 Å². The van der Waals surface area contributed by atoms with Crippen molar-refractivity contribution in [1.82, 2.24) is 0 Å². The van der Waals surface area contributed by atoms with E-state index in [0.717, 1.165) is 23.2 Å². The lowest BCUT2D eigenvalue weighted by molar-refractivity contribution is -0.384. The van der Waals surface area contributed by atoms with Crippen LogP contribution in [0, 0.1) is 16.0 Å². The van der Waals surface area contributed by atoms with Crippen LogP contribution in [0.15, 0.2) is 72.8 Å². The monoisotopic (exact) mass is 480 g/mol. The number of esters is 1. The largest absolute Gasteiger partial charge is 0.423 e. The van der Waals surface area contributed by atoms with Crippen molar-refractivity contribution in [3.63, 3.8) is 0 Å². The van der Waals surface area contributed by atoms with E-state index in [0.29, 0.717) is 10.8 Å². The first-order valence-electron chi connectivity index (χ1n) is 10.4. The van der Waals surface area contributed by atoms with Gasteiger partial charge in [-0.3, -0.25) is 10.1 Å². The number of halogens is 2. The van der Waals surface area contributed by atoms with Crippen LogP contribution in [0.1, 0.15) is 39.9 Å². The number of fused-ring (bicyclic) bond motifs is 3. The van der Waals surface area contributed by atoms with Gasteiger partial charge in [0.2, 0.25) is 0 Å². The number of hydrogen-bond donors (Lipinski definition) is 1. The summed E-state index contributed by atoms with van der Waals surface area (Å²) < 4.78 is 5.60. The van der Waals surface area contributed by atoms with Gasteiger partial charge in [-0.2, -0.15) is 0 Å². The molecule has 5 rings (SSSR count). The molecule has 1 aliphatic carbocycles. The molecule has 0 amide bonds. The van der Waals surface area contributed by atoms with Gasteiger partial charge in [-0.1, -0.05) is 47.5 Å². The number of ether oxygens (including phenoxy) is 1. The highest BCUT2D eigenvalue weighted by Crippen LogP contribution is 2.50. The molecule has 0 aromatic heterocycles. The predicted octanol–water partition coefficient (Wildman–Crippen LogP) is 6.95. The van der Waals surface area contributed by atoms with Crippen LogP contribution in [0.3, 0.4) is 0 Å². The van der Waals surface area contributed by atoms with Crippen LogP contribution in [-0.4, -0.2) is 10.9 Å². The fraction of sp³-hybridized carbons (Fsp3) is 0.160. The van der Waals surface area contributed by atoms with Crippen LogP contribution < -0.4 is 10.1 Å². The molecule has 2 aliphatic rings. The Hall–Kier alpha value is -3.35. The number of nitrogens with zero attached hydrogens (tertiary/aromatic N) is 1. The molecule has 0 radical (unpaired) electrons. The van der Waals surface area contributed by atoms with E-state index in [2.05, 4.69) is 17.5 Å². The Labute approximate surface area is 199 Å². The van der Waals surface area contributed by atoms with E-state index in [1.165, 1.54) is 24.3 Å². The molecule has 3 atom stereocenters. The Morgan fingerprint density at radius 3 is 2.58 bits per heavy atom. The number of nitro benzene ring substituents is 1. The van der Waals surface area contributed by atoms with E-state index < -0.39 is 10.9 Å². The van der Waals surface area contributed by atoms with Gasteiger partial charge in [-0.25, -0.2) is 4.79 Å². The lowest BCUT2D eigenvalue weighted by Crippen LogP contribution is -2.29. The maximum atomic E-state index is 12.6. The average Bonchev–Trinajstić information content (AvgIpc) is 3.29. The smallest absolute Gasteiger partial charge is 0.345 e. The lowest BCUT2D eigenvalue weighted by atomic mass is 9.77. The molecule has 33 heavy (non-hydrogen) atoms. The molecule has 0 saturated heterocycles. The second kappa shape index (κ2) is 8.54. The first-order chi connectivity index (χ1) is 15.9. The van der Waals surface area contributed by atoms with E-state index in [1.54, 1.807) is 12.1 Å². The molecular weight excluding hydrogens is 463 g/mol. The summed E-state index contributed by atoms with van der Waals surface area (Å²) in [5, 5.41) is 15.2. The summed E-state index contributed by atoms with van der Waals surface area (Å²) in [6.07, 6.45) is 5.20. The quantitative estimate of drug-likeness (QED) is 0.143. The number of nitrogens with one attached hydrogen (secondary N) is 1. The third-order valence-electron chi connectivity index (χ3n) is 6.16. The lowest BCUT2D eigenvalue weighted by Gasteiger charge is -2.37. The molecule has 6 nitrogen and oxygen atoms in total.